The van der Waals surface area contributed by atoms with E-state index in [1.807, 2.05) is 0 Å². The summed E-state index contributed by atoms with van der Waals surface area (Å²) in [6.07, 6.45) is 12.9. The molecule has 0 aromatic heterocycles. The van der Waals surface area contributed by atoms with Gasteiger partial charge in [-0.1, -0.05) is 40.5 Å². The van der Waals surface area contributed by atoms with Gasteiger partial charge in [0.15, 0.2) is 0 Å². The molecule has 1 unspecified atom stereocenters. The van der Waals surface area contributed by atoms with Gasteiger partial charge in [0.05, 0.1) is 12.7 Å². The lowest BCUT2D eigenvalue weighted by Gasteiger charge is -2.69. The Morgan fingerprint density at radius 2 is 1.33 bits per heavy atom. The van der Waals surface area contributed by atoms with E-state index in [1.165, 1.54) is 57.8 Å². The quantitative estimate of drug-likeness (QED) is 0.586. The van der Waals surface area contributed by atoms with Crippen LogP contribution >= 0.6 is 0 Å². The van der Waals surface area contributed by atoms with Crippen LogP contribution in [0, 0.1) is 21.7 Å². The number of hydrogen-bond acceptors (Lipinski definition) is 1. The van der Waals surface area contributed by atoms with Crippen LogP contribution in [0.5, 0.6) is 0 Å². The Bertz CT molecular complexity index is 345. The fourth-order valence-corrected chi connectivity index (χ4v) is 7.60. The molecule has 1 atom stereocenters. The average molecular weight is 293 g/mol. The first-order valence-electron chi connectivity index (χ1n) is 9.31. The van der Waals surface area contributed by atoms with Crippen molar-refractivity contribution >= 4 is 0 Å². The van der Waals surface area contributed by atoms with Crippen molar-refractivity contribution in [3.05, 3.63) is 0 Å². The highest BCUT2D eigenvalue weighted by Crippen LogP contribution is 2.73. The molecule has 0 N–H and O–H groups in total. The summed E-state index contributed by atoms with van der Waals surface area (Å²) < 4.78 is 6.36. The second-order valence-electron chi connectivity index (χ2n) is 10.3. The van der Waals surface area contributed by atoms with Crippen LogP contribution in [-0.2, 0) is 4.74 Å². The predicted octanol–water partition coefficient (Wildman–Crippen LogP) is 5.97. The minimum atomic E-state index is 0.450. The van der Waals surface area contributed by atoms with Crippen molar-refractivity contribution < 1.29 is 4.74 Å². The highest BCUT2D eigenvalue weighted by molar-refractivity contribution is 5.14. The molecule has 0 radical (unpaired) electrons. The molecule has 4 bridgehead atoms. The summed E-state index contributed by atoms with van der Waals surface area (Å²) in [4.78, 5) is 0. The smallest absolute Gasteiger partial charge is 0.0547 e. The van der Waals surface area contributed by atoms with E-state index in [0.29, 0.717) is 27.8 Å². The van der Waals surface area contributed by atoms with Gasteiger partial charge in [-0.05, 0) is 73.5 Å². The molecule has 4 aliphatic rings. The van der Waals surface area contributed by atoms with Gasteiger partial charge in [-0.15, -0.1) is 0 Å². The summed E-state index contributed by atoms with van der Waals surface area (Å²) in [7, 11) is 0. The maximum absolute atomic E-state index is 6.36. The van der Waals surface area contributed by atoms with E-state index in [-0.39, 0.29) is 0 Å². The zero-order valence-corrected chi connectivity index (χ0v) is 15.1. The molecule has 0 aromatic rings. The van der Waals surface area contributed by atoms with Crippen LogP contribution in [0.4, 0.5) is 0 Å². The van der Waals surface area contributed by atoms with E-state index < -0.39 is 0 Å². The van der Waals surface area contributed by atoms with Gasteiger partial charge in [-0.25, -0.2) is 0 Å². The molecule has 21 heavy (non-hydrogen) atoms. The third-order valence-corrected chi connectivity index (χ3v) is 6.60. The van der Waals surface area contributed by atoms with Crippen molar-refractivity contribution in [3.63, 3.8) is 0 Å². The zero-order valence-electron chi connectivity index (χ0n) is 15.1. The minimum absolute atomic E-state index is 0.450. The molecule has 1 heteroatoms. The van der Waals surface area contributed by atoms with Gasteiger partial charge < -0.3 is 4.74 Å². The predicted molar refractivity (Wildman–Crippen MR) is 89.4 cm³/mol. The van der Waals surface area contributed by atoms with Crippen molar-refractivity contribution in [2.45, 2.75) is 98.5 Å². The summed E-state index contributed by atoms with van der Waals surface area (Å²) in [6, 6.07) is 0. The minimum Gasteiger partial charge on any atom is -0.378 e. The molecule has 122 valence electrons. The average Bonchev–Trinajstić information content (AvgIpc) is 2.28. The van der Waals surface area contributed by atoms with Gasteiger partial charge in [0.1, 0.15) is 0 Å². The van der Waals surface area contributed by atoms with Crippen molar-refractivity contribution in [2.75, 3.05) is 6.61 Å². The summed E-state index contributed by atoms with van der Waals surface area (Å²) in [5.74, 6) is 0. The molecule has 4 fully saturated rings. The molecule has 4 saturated carbocycles. The van der Waals surface area contributed by atoms with Crippen molar-refractivity contribution in [2.24, 2.45) is 21.7 Å². The number of ether oxygens (including phenoxy) is 1. The SMILES string of the molecule is CCCCC(C)OCC12CC3(C)CC(C)(CC(C)(C3)C1)C2. The third kappa shape index (κ3) is 3.05. The highest BCUT2D eigenvalue weighted by atomic mass is 16.5. The van der Waals surface area contributed by atoms with Gasteiger partial charge >= 0.3 is 0 Å². The summed E-state index contributed by atoms with van der Waals surface area (Å²) >= 11 is 0. The van der Waals surface area contributed by atoms with Crippen LogP contribution in [0.25, 0.3) is 0 Å². The van der Waals surface area contributed by atoms with E-state index in [0.717, 1.165) is 6.61 Å². The van der Waals surface area contributed by atoms with Crippen LogP contribution in [0.15, 0.2) is 0 Å². The second-order valence-corrected chi connectivity index (χ2v) is 10.3. The van der Waals surface area contributed by atoms with Gasteiger partial charge in [-0.3, -0.25) is 0 Å². The first kappa shape index (κ1) is 15.8. The molecule has 4 aliphatic carbocycles. The summed E-state index contributed by atoms with van der Waals surface area (Å²) in [5.41, 5.74) is 2.27. The van der Waals surface area contributed by atoms with Crippen LogP contribution in [0.1, 0.15) is 92.4 Å². The Labute approximate surface area is 132 Å². The van der Waals surface area contributed by atoms with Crippen LogP contribution in [-0.4, -0.2) is 12.7 Å². The topological polar surface area (TPSA) is 9.23 Å². The molecular formula is C20H36O. The van der Waals surface area contributed by atoms with Gasteiger partial charge in [0.25, 0.3) is 0 Å². The van der Waals surface area contributed by atoms with E-state index in [2.05, 4.69) is 34.6 Å². The standard InChI is InChI=1S/C20H36O/c1-6-7-8-16(2)21-15-20-12-17(3)9-18(4,13-20)11-19(5,10-17)14-20/h16H,6-15H2,1-5H3. The molecule has 0 saturated heterocycles. The lowest BCUT2D eigenvalue weighted by atomic mass is 9.36. The first-order chi connectivity index (χ1) is 9.70. The Hall–Kier alpha value is -0.0400. The Morgan fingerprint density at radius 1 is 0.857 bits per heavy atom. The summed E-state index contributed by atoms with van der Waals surface area (Å²) in [5, 5.41) is 0. The third-order valence-electron chi connectivity index (χ3n) is 6.60. The maximum Gasteiger partial charge on any atom is 0.0547 e. The molecule has 0 aliphatic heterocycles. The van der Waals surface area contributed by atoms with Gasteiger partial charge in [-0.2, -0.15) is 0 Å². The lowest BCUT2D eigenvalue weighted by molar-refractivity contribution is -0.205. The molecule has 4 rings (SSSR count). The fourth-order valence-electron chi connectivity index (χ4n) is 7.60. The largest absolute Gasteiger partial charge is 0.378 e. The highest BCUT2D eigenvalue weighted by Gasteiger charge is 2.63. The van der Waals surface area contributed by atoms with Gasteiger partial charge in [0, 0.05) is 0 Å². The lowest BCUT2D eigenvalue weighted by Crippen LogP contribution is -2.60. The van der Waals surface area contributed by atoms with Crippen molar-refractivity contribution in [3.8, 4) is 0 Å². The van der Waals surface area contributed by atoms with E-state index in [4.69, 9.17) is 4.74 Å². The van der Waals surface area contributed by atoms with E-state index in [9.17, 15) is 0 Å². The molecular weight excluding hydrogens is 256 g/mol. The Morgan fingerprint density at radius 3 is 1.76 bits per heavy atom. The molecule has 0 aromatic carbocycles. The fraction of sp³-hybridized carbons (Fsp3) is 1.00. The maximum atomic E-state index is 6.36. The Kier molecular flexibility index (Phi) is 3.76. The van der Waals surface area contributed by atoms with E-state index >= 15 is 0 Å². The molecule has 0 amide bonds. The van der Waals surface area contributed by atoms with Crippen molar-refractivity contribution in [1.29, 1.82) is 0 Å². The summed E-state index contributed by atoms with van der Waals surface area (Å²) in [6.45, 7) is 13.3. The number of unbranched alkanes of at least 4 members (excludes halogenated alkanes) is 1. The number of hydrogen-bond donors (Lipinski definition) is 0. The normalized spacial score (nSPS) is 49.6. The molecule has 0 spiro atoms. The zero-order chi connectivity index (χ0) is 15.4. The van der Waals surface area contributed by atoms with E-state index in [1.54, 1.807) is 0 Å². The number of rotatable bonds is 6. The molecule has 0 heterocycles. The second kappa shape index (κ2) is 4.98. The first-order valence-corrected chi connectivity index (χ1v) is 9.31. The van der Waals surface area contributed by atoms with Crippen LogP contribution in [0.2, 0.25) is 0 Å². The van der Waals surface area contributed by atoms with Crippen molar-refractivity contribution in [1.82, 2.24) is 0 Å². The van der Waals surface area contributed by atoms with Crippen LogP contribution in [0.3, 0.4) is 0 Å². The Balaban J connectivity index is 1.70. The monoisotopic (exact) mass is 292 g/mol. The van der Waals surface area contributed by atoms with Gasteiger partial charge in [0.2, 0.25) is 0 Å². The van der Waals surface area contributed by atoms with Crippen LogP contribution < -0.4 is 0 Å². The molecule has 1 nitrogen and oxygen atoms in total.